The number of aliphatic carboxylic acids is 1. The van der Waals surface area contributed by atoms with Crippen LogP contribution in [0.15, 0.2) is 5.38 Å². The van der Waals surface area contributed by atoms with Crippen molar-refractivity contribution in [3.8, 4) is 0 Å². The second kappa shape index (κ2) is 33.2. The molecule has 0 aromatic carbocycles. The molecule has 1 aliphatic rings. The summed E-state index contributed by atoms with van der Waals surface area (Å²) in [6.45, 7) is 23.2. The Morgan fingerprint density at radius 3 is 2.08 bits per heavy atom. The molecule has 0 bridgehead atoms. The van der Waals surface area contributed by atoms with E-state index in [4.69, 9.17) is 14.6 Å². The fourth-order valence-corrected chi connectivity index (χ4v) is 5.67. The van der Waals surface area contributed by atoms with E-state index in [1.54, 1.807) is 19.2 Å². The number of nitrogens with zero attached hydrogens (tertiary/aromatic N) is 3. The third-order valence-corrected chi connectivity index (χ3v) is 8.75. The van der Waals surface area contributed by atoms with E-state index < -0.39 is 18.0 Å². The van der Waals surface area contributed by atoms with E-state index in [9.17, 15) is 24.0 Å². The first kappa shape index (κ1) is 54.0. The van der Waals surface area contributed by atoms with E-state index in [1.807, 2.05) is 60.4 Å². The molecule has 4 atom stereocenters. The van der Waals surface area contributed by atoms with Gasteiger partial charge in [-0.25, -0.2) is 4.98 Å². The van der Waals surface area contributed by atoms with E-state index in [0.717, 1.165) is 37.7 Å². The quantitative estimate of drug-likeness (QED) is 0.112. The van der Waals surface area contributed by atoms with Gasteiger partial charge in [0.25, 0.3) is 11.9 Å². The second-order valence-corrected chi connectivity index (χ2v) is 13.3. The molecule has 3 amide bonds. The summed E-state index contributed by atoms with van der Waals surface area (Å²) in [6.07, 6.45) is 7.00. The summed E-state index contributed by atoms with van der Waals surface area (Å²) in [5, 5.41) is 15.8. The number of aromatic nitrogens is 1. The van der Waals surface area contributed by atoms with Crippen molar-refractivity contribution in [1.82, 2.24) is 25.4 Å². The van der Waals surface area contributed by atoms with Gasteiger partial charge in [0, 0.05) is 43.6 Å². The van der Waals surface area contributed by atoms with Crippen molar-refractivity contribution in [1.29, 1.82) is 0 Å². The lowest BCUT2D eigenvalue weighted by Crippen LogP contribution is -2.55. The number of amides is 3. The molecule has 2 rings (SSSR count). The Morgan fingerprint density at radius 1 is 1.00 bits per heavy atom. The SMILES string of the molecule is CC.CC.CC(=O)O.CCC.CCC(=O)OCN(CCCc1nc(C(=O)NC(CC)CC(C)C(C)=O)cs1)C(=O)C(CC)NC(=O)C1CCCCN1C. The maximum absolute atomic E-state index is 13.5. The molecule has 2 heterocycles. The Kier molecular flexibility index (Phi) is 33.8. The molecule has 0 saturated carbocycles. The lowest BCUT2D eigenvalue weighted by molar-refractivity contribution is -0.154. The van der Waals surface area contributed by atoms with Crippen LogP contribution in [0.1, 0.15) is 156 Å². The molecule has 308 valence electrons. The Labute approximate surface area is 324 Å². The normalized spacial score (nSPS) is 14.9. The van der Waals surface area contributed by atoms with Crippen molar-refractivity contribution in [3.05, 3.63) is 16.1 Å². The van der Waals surface area contributed by atoms with Crippen molar-refractivity contribution >= 4 is 46.8 Å². The van der Waals surface area contributed by atoms with Crippen LogP contribution in [0.2, 0.25) is 0 Å². The number of rotatable bonds is 17. The lowest BCUT2D eigenvalue weighted by Gasteiger charge is -2.33. The van der Waals surface area contributed by atoms with Gasteiger partial charge in [0.1, 0.15) is 17.5 Å². The van der Waals surface area contributed by atoms with Gasteiger partial charge in [-0.05, 0) is 59.0 Å². The zero-order valence-electron chi connectivity index (χ0n) is 35.1. The minimum atomic E-state index is -0.833. The molecule has 1 aromatic heterocycles. The largest absolute Gasteiger partial charge is 0.481 e. The van der Waals surface area contributed by atoms with Gasteiger partial charge < -0.3 is 25.4 Å². The number of carbonyl (C=O) groups is 6. The van der Waals surface area contributed by atoms with Gasteiger partial charge in [-0.15, -0.1) is 11.3 Å². The summed E-state index contributed by atoms with van der Waals surface area (Å²) in [6, 6.07) is -1.09. The molecule has 0 aliphatic carbocycles. The van der Waals surface area contributed by atoms with Crippen LogP contribution in [0.4, 0.5) is 0 Å². The number of piperidine rings is 1. The van der Waals surface area contributed by atoms with Gasteiger partial charge >= 0.3 is 5.97 Å². The number of carbonyl (C=O) groups excluding carboxylic acids is 5. The Morgan fingerprint density at radius 2 is 1.58 bits per heavy atom. The van der Waals surface area contributed by atoms with E-state index >= 15 is 0 Å². The minimum Gasteiger partial charge on any atom is -0.481 e. The summed E-state index contributed by atoms with van der Waals surface area (Å²) in [5.41, 5.74) is 0.329. The molecule has 0 spiro atoms. The average Bonchev–Trinajstić information content (AvgIpc) is 3.62. The number of ether oxygens (including phenoxy) is 1. The van der Waals surface area contributed by atoms with Crippen LogP contribution >= 0.6 is 11.3 Å². The number of thiazole rings is 1. The van der Waals surface area contributed by atoms with Crippen LogP contribution in [0.5, 0.6) is 0 Å². The fourth-order valence-electron chi connectivity index (χ4n) is 4.85. The molecule has 4 unspecified atom stereocenters. The third kappa shape index (κ3) is 24.5. The first-order chi connectivity index (χ1) is 25.1. The van der Waals surface area contributed by atoms with E-state index in [0.29, 0.717) is 44.3 Å². The van der Waals surface area contributed by atoms with Crippen LogP contribution in [-0.4, -0.2) is 100 Å². The maximum atomic E-state index is 13.5. The van der Waals surface area contributed by atoms with Gasteiger partial charge in [-0.1, -0.05) is 82.1 Å². The summed E-state index contributed by atoms with van der Waals surface area (Å²) >= 11 is 1.37. The number of Topliss-reactive ketones (excluding diaryl/α,β-unsaturated/α-hetero) is 1. The number of esters is 1. The van der Waals surface area contributed by atoms with E-state index in [1.165, 1.54) is 22.7 Å². The van der Waals surface area contributed by atoms with Crippen LogP contribution in [-0.2, 0) is 35.1 Å². The number of likely N-dealkylation sites (tertiary alicyclic amines) is 1. The lowest BCUT2D eigenvalue weighted by atomic mass is 9.97. The summed E-state index contributed by atoms with van der Waals surface area (Å²) in [4.78, 5) is 79.7. The number of hydrogen-bond acceptors (Lipinski definition) is 10. The monoisotopic (exact) mass is 772 g/mol. The van der Waals surface area contributed by atoms with Crippen molar-refractivity contribution in [2.75, 3.05) is 26.9 Å². The van der Waals surface area contributed by atoms with Crippen LogP contribution < -0.4 is 10.6 Å². The molecule has 13 nitrogen and oxygen atoms in total. The average molecular weight is 772 g/mol. The number of carboxylic acid groups (broad SMARTS) is 1. The molecule has 1 saturated heterocycles. The van der Waals surface area contributed by atoms with Crippen LogP contribution in [0.25, 0.3) is 0 Å². The Balaban J connectivity index is -0.00000202. The highest BCUT2D eigenvalue weighted by molar-refractivity contribution is 7.09. The number of aryl methyl sites for hydroxylation is 1. The van der Waals surface area contributed by atoms with Gasteiger partial charge in [-0.2, -0.15) is 0 Å². The number of likely N-dealkylation sites (N-methyl/N-ethyl adjacent to an activating group) is 1. The minimum absolute atomic E-state index is 0.0973. The van der Waals surface area contributed by atoms with Crippen LogP contribution in [0.3, 0.4) is 0 Å². The highest BCUT2D eigenvalue weighted by atomic mass is 32.1. The topological polar surface area (TPSA) is 175 Å². The first-order valence-corrected chi connectivity index (χ1v) is 20.4. The van der Waals surface area contributed by atoms with E-state index in [2.05, 4.69) is 29.5 Å². The Hall–Kier alpha value is -3.39. The molecule has 3 N–H and O–H groups in total. The zero-order chi connectivity index (χ0) is 41.5. The molecule has 14 heteroatoms. The Bertz CT molecular complexity index is 1170. The fraction of sp³-hybridized carbons (Fsp3) is 0.769. The number of carboxylic acids is 1. The third-order valence-electron chi connectivity index (χ3n) is 7.84. The number of hydrogen-bond donors (Lipinski definition) is 3. The summed E-state index contributed by atoms with van der Waals surface area (Å²) in [7, 11) is 1.92. The number of ketones is 1. The number of nitrogens with one attached hydrogen (secondary N) is 2. The molecule has 1 aromatic rings. The van der Waals surface area contributed by atoms with Crippen molar-refractivity contribution in [3.63, 3.8) is 0 Å². The van der Waals surface area contributed by atoms with E-state index in [-0.39, 0.29) is 54.7 Å². The standard InChI is InChI=1S/C30H49N5O6S.C3H8.C2H4O2.2C2H6/c1-7-22(17-20(4)21(5)36)31-28(38)24-18-42-26(32-24)14-12-16-35(19-41-27(37)9-3)30(40)23(8-2)33-29(39)25-13-10-11-15-34(25)6;1-3-2;1-2(3)4;2*1-2/h18,20,22-23,25H,7-17,19H2,1-6H3,(H,31,38)(H,33,39);3H2,1-2H3;1H3,(H,3,4);2*1-2H3. The van der Waals surface area contributed by atoms with Crippen molar-refractivity contribution in [2.45, 2.75) is 165 Å². The molecule has 0 radical (unpaired) electrons. The van der Waals surface area contributed by atoms with Crippen molar-refractivity contribution < 1.29 is 38.6 Å². The molecule has 53 heavy (non-hydrogen) atoms. The van der Waals surface area contributed by atoms with Gasteiger partial charge in [0.15, 0.2) is 6.73 Å². The van der Waals surface area contributed by atoms with Crippen LogP contribution in [0, 0.1) is 5.92 Å². The predicted octanol–water partition coefficient (Wildman–Crippen LogP) is 6.88. The maximum Gasteiger partial charge on any atom is 0.307 e. The first-order valence-electron chi connectivity index (χ1n) is 19.5. The predicted molar refractivity (Wildman–Crippen MR) is 214 cm³/mol. The molecule has 1 aliphatic heterocycles. The molecular weight excluding hydrogens is 699 g/mol. The highest BCUT2D eigenvalue weighted by Crippen LogP contribution is 2.17. The molecule has 1 fully saturated rings. The van der Waals surface area contributed by atoms with Gasteiger partial charge in [-0.3, -0.25) is 33.7 Å². The smallest absolute Gasteiger partial charge is 0.307 e. The van der Waals surface area contributed by atoms with Crippen molar-refractivity contribution in [2.24, 2.45) is 5.92 Å². The molecular formula is C39H73N5O8S. The summed E-state index contributed by atoms with van der Waals surface area (Å²) in [5.74, 6) is -1.99. The van der Waals surface area contributed by atoms with Gasteiger partial charge in [0.05, 0.1) is 11.0 Å². The van der Waals surface area contributed by atoms with Gasteiger partial charge in [0.2, 0.25) is 11.8 Å². The summed E-state index contributed by atoms with van der Waals surface area (Å²) < 4.78 is 5.29. The zero-order valence-corrected chi connectivity index (χ0v) is 36.0. The second-order valence-electron chi connectivity index (χ2n) is 12.3. The highest BCUT2D eigenvalue weighted by Gasteiger charge is 2.31.